The molecule has 0 saturated heterocycles. The highest BCUT2D eigenvalue weighted by Crippen LogP contribution is 2.35. The molecule has 106 valence electrons. The van der Waals surface area contributed by atoms with Crippen molar-refractivity contribution in [1.82, 2.24) is 9.97 Å². The van der Waals surface area contributed by atoms with Gasteiger partial charge in [0.15, 0.2) is 5.13 Å². The Morgan fingerprint density at radius 3 is 2.90 bits per heavy atom. The number of aromatic nitrogens is 2. The van der Waals surface area contributed by atoms with Gasteiger partial charge in [0.1, 0.15) is 11.6 Å². The smallest absolute Gasteiger partial charge is 0.188 e. The quantitative estimate of drug-likeness (QED) is 0.745. The summed E-state index contributed by atoms with van der Waals surface area (Å²) in [5, 5.41) is 15.6. The van der Waals surface area contributed by atoms with Gasteiger partial charge in [0.05, 0.1) is 10.6 Å². The van der Waals surface area contributed by atoms with Gasteiger partial charge >= 0.3 is 0 Å². The molecule has 0 bridgehead atoms. The van der Waals surface area contributed by atoms with Crippen molar-refractivity contribution in [3.05, 3.63) is 53.7 Å². The lowest BCUT2D eigenvalue weighted by molar-refractivity contribution is 0.474. The molecule has 3 aromatic rings. The second-order valence-electron chi connectivity index (χ2n) is 4.37. The van der Waals surface area contributed by atoms with Crippen molar-refractivity contribution in [3.63, 3.8) is 0 Å². The maximum absolute atomic E-state index is 9.55. The van der Waals surface area contributed by atoms with E-state index in [4.69, 9.17) is 0 Å². The van der Waals surface area contributed by atoms with E-state index in [9.17, 15) is 5.11 Å². The molecule has 0 amide bonds. The zero-order chi connectivity index (χ0) is 14.7. The van der Waals surface area contributed by atoms with E-state index in [-0.39, 0.29) is 5.75 Å². The molecule has 2 N–H and O–H groups in total. The Labute approximate surface area is 130 Å². The van der Waals surface area contributed by atoms with E-state index in [1.807, 2.05) is 36.6 Å². The number of phenols is 1. The van der Waals surface area contributed by atoms with E-state index in [1.54, 1.807) is 41.4 Å². The first-order valence-corrected chi connectivity index (χ1v) is 8.01. The molecule has 6 heteroatoms. The summed E-state index contributed by atoms with van der Waals surface area (Å²) < 4.78 is 0. The number of pyridine rings is 1. The van der Waals surface area contributed by atoms with Crippen LogP contribution in [0.15, 0.2) is 57.8 Å². The highest BCUT2D eigenvalue weighted by atomic mass is 32.2. The monoisotopic (exact) mass is 315 g/mol. The molecule has 2 aromatic heterocycles. The van der Waals surface area contributed by atoms with Crippen LogP contribution in [0.4, 0.5) is 10.9 Å². The van der Waals surface area contributed by atoms with Crippen LogP contribution in [-0.4, -0.2) is 15.1 Å². The first-order valence-electron chi connectivity index (χ1n) is 6.32. The number of anilines is 2. The fourth-order valence-electron chi connectivity index (χ4n) is 1.75. The van der Waals surface area contributed by atoms with Crippen LogP contribution < -0.4 is 5.32 Å². The Morgan fingerprint density at radius 2 is 2.14 bits per heavy atom. The number of hydrogen-bond donors (Lipinski definition) is 2. The van der Waals surface area contributed by atoms with Gasteiger partial charge in [-0.25, -0.2) is 9.97 Å². The summed E-state index contributed by atoms with van der Waals surface area (Å²) >= 11 is 3.10. The minimum absolute atomic E-state index is 0.258. The van der Waals surface area contributed by atoms with Crippen LogP contribution in [-0.2, 0) is 0 Å². The largest absolute Gasteiger partial charge is 0.508 e. The van der Waals surface area contributed by atoms with Crippen molar-refractivity contribution in [2.75, 3.05) is 5.32 Å². The molecule has 3 rings (SSSR count). The van der Waals surface area contributed by atoms with E-state index < -0.39 is 0 Å². The third-order valence-electron chi connectivity index (χ3n) is 2.66. The summed E-state index contributed by atoms with van der Waals surface area (Å²) in [6.07, 6.45) is 1.75. The van der Waals surface area contributed by atoms with Crippen molar-refractivity contribution in [2.24, 2.45) is 0 Å². The molecule has 1 aromatic carbocycles. The van der Waals surface area contributed by atoms with E-state index in [0.717, 1.165) is 26.4 Å². The fourth-order valence-corrected chi connectivity index (χ4v) is 3.37. The molecule has 0 unspecified atom stereocenters. The molecule has 0 aliphatic carbocycles. The maximum Gasteiger partial charge on any atom is 0.188 e. The standard InChI is InChI=1S/C15H13N3OS2/c1-10-9-20-15(17-10)18-14-13(6-3-7-16-14)21-12-5-2-4-11(19)8-12/h2-9,19H,1H3,(H,16,17,18). The summed E-state index contributed by atoms with van der Waals surface area (Å²) in [6.45, 7) is 1.96. The molecule has 4 nitrogen and oxygen atoms in total. The van der Waals surface area contributed by atoms with Gasteiger partial charge in [-0.1, -0.05) is 17.8 Å². The summed E-state index contributed by atoms with van der Waals surface area (Å²) in [5.74, 6) is 1.02. The first-order chi connectivity index (χ1) is 10.2. The third kappa shape index (κ3) is 3.53. The number of aryl methyl sites for hydroxylation is 1. The van der Waals surface area contributed by atoms with Crippen LogP contribution >= 0.6 is 23.1 Å². The SMILES string of the molecule is Cc1csc(Nc2ncccc2Sc2cccc(O)c2)n1. The highest BCUT2D eigenvalue weighted by molar-refractivity contribution is 7.99. The Kier molecular flexibility index (Phi) is 4.08. The highest BCUT2D eigenvalue weighted by Gasteiger charge is 2.08. The number of rotatable bonds is 4. The van der Waals surface area contributed by atoms with Gasteiger partial charge in [-0.05, 0) is 37.3 Å². The minimum Gasteiger partial charge on any atom is -0.508 e. The van der Waals surface area contributed by atoms with Crippen molar-refractivity contribution in [1.29, 1.82) is 0 Å². The molecular weight excluding hydrogens is 302 g/mol. The van der Waals surface area contributed by atoms with Crippen LogP contribution in [0.2, 0.25) is 0 Å². The molecular formula is C15H13N3OS2. The molecule has 0 saturated carbocycles. The van der Waals surface area contributed by atoms with Crippen molar-refractivity contribution in [3.8, 4) is 5.75 Å². The average molecular weight is 315 g/mol. The van der Waals surface area contributed by atoms with Crippen molar-refractivity contribution >= 4 is 34.0 Å². The number of phenolic OH excluding ortho intramolecular Hbond substituents is 1. The molecule has 0 radical (unpaired) electrons. The van der Waals surface area contributed by atoms with Gasteiger partial charge in [0.2, 0.25) is 0 Å². The molecule has 0 aliphatic heterocycles. The Hall–Kier alpha value is -2.05. The summed E-state index contributed by atoms with van der Waals surface area (Å²) in [6, 6.07) is 11.0. The van der Waals surface area contributed by atoms with Crippen LogP contribution in [0.3, 0.4) is 0 Å². The Balaban J connectivity index is 1.85. The second-order valence-corrected chi connectivity index (χ2v) is 6.34. The maximum atomic E-state index is 9.55. The normalized spacial score (nSPS) is 10.5. The van der Waals surface area contributed by atoms with E-state index in [1.165, 1.54) is 0 Å². The van der Waals surface area contributed by atoms with Crippen LogP contribution in [0.25, 0.3) is 0 Å². The Bertz CT molecular complexity index is 758. The topological polar surface area (TPSA) is 58.0 Å². The lowest BCUT2D eigenvalue weighted by Crippen LogP contribution is -1.94. The Morgan fingerprint density at radius 1 is 1.24 bits per heavy atom. The summed E-state index contributed by atoms with van der Waals surface area (Å²) in [4.78, 5) is 10.7. The van der Waals surface area contributed by atoms with E-state index in [0.29, 0.717) is 0 Å². The molecule has 0 atom stereocenters. The van der Waals surface area contributed by atoms with Gasteiger partial charge in [0, 0.05) is 16.5 Å². The molecule has 2 heterocycles. The molecule has 0 spiro atoms. The number of thiazole rings is 1. The fraction of sp³-hybridized carbons (Fsp3) is 0.0667. The predicted octanol–water partition coefficient (Wildman–Crippen LogP) is 4.45. The number of benzene rings is 1. The average Bonchev–Trinajstić information content (AvgIpc) is 2.86. The van der Waals surface area contributed by atoms with Gasteiger partial charge in [-0.3, -0.25) is 0 Å². The van der Waals surface area contributed by atoms with Crippen molar-refractivity contribution < 1.29 is 5.11 Å². The number of nitrogens with one attached hydrogen (secondary N) is 1. The third-order valence-corrected chi connectivity index (χ3v) is 4.58. The summed E-state index contributed by atoms with van der Waals surface area (Å²) in [7, 11) is 0. The minimum atomic E-state index is 0.258. The lowest BCUT2D eigenvalue weighted by Gasteiger charge is -2.08. The zero-order valence-electron chi connectivity index (χ0n) is 11.3. The molecule has 0 fully saturated rings. The van der Waals surface area contributed by atoms with Gasteiger partial charge in [-0.15, -0.1) is 11.3 Å². The number of aromatic hydroxyl groups is 1. The van der Waals surface area contributed by atoms with Crippen LogP contribution in [0.5, 0.6) is 5.75 Å². The van der Waals surface area contributed by atoms with Crippen molar-refractivity contribution in [2.45, 2.75) is 16.7 Å². The lowest BCUT2D eigenvalue weighted by atomic mass is 10.3. The molecule has 21 heavy (non-hydrogen) atoms. The first kappa shape index (κ1) is 13.9. The van der Waals surface area contributed by atoms with Gasteiger partial charge < -0.3 is 10.4 Å². The summed E-state index contributed by atoms with van der Waals surface area (Å²) in [5.41, 5.74) is 0.987. The predicted molar refractivity (Wildman–Crippen MR) is 86.6 cm³/mol. The molecule has 0 aliphatic rings. The van der Waals surface area contributed by atoms with E-state index in [2.05, 4.69) is 15.3 Å². The van der Waals surface area contributed by atoms with Crippen LogP contribution in [0.1, 0.15) is 5.69 Å². The van der Waals surface area contributed by atoms with Crippen LogP contribution in [0, 0.1) is 6.92 Å². The van der Waals surface area contributed by atoms with Gasteiger partial charge in [-0.2, -0.15) is 0 Å². The van der Waals surface area contributed by atoms with Gasteiger partial charge in [0.25, 0.3) is 0 Å². The number of hydrogen-bond acceptors (Lipinski definition) is 6. The zero-order valence-corrected chi connectivity index (χ0v) is 12.9. The van der Waals surface area contributed by atoms with E-state index >= 15 is 0 Å². The second kappa shape index (κ2) is 6.15. The number of nitrogens with zero attached hydrogens (tertiary/aromatic N) is 2.